The lowest BCUT2D eigenvalue weighted by Crippen LogP contribution is -2.18. The Morgan fingerprint density at radius 3 is 2.35 bits per heavy atom. The molecule has 0 aliphatic rings. The normalized spacial score (nSPS) is 12.5. The molecule has 0 fully saturated rings. The Kier molecular flexibility index (Phi) is 3.68. The summed E-state index contributed by atoms with van der Waals surface area (Å²) in [6.07, 6.45) is -4.66. The van der Waals surface area contributed by atoms with E-state index in [0.29, 0.717) is 0 Å². The molecule has 0 heterocycles. The Morgan fingerprint density at radius 1 is 1.35 bits per heavy atom. The third-order valence-electron chi connectivity index (χ3n) is 1.98. The molecule has 0 amide bonds. The number of hydrogen-bond donors (Lipinski definition) is 1. The maximum atomic E-state index is 12.6. The molecule has 0 aliphatic carbocycles. The van der Waals surface area contributed by atoms with Gasteiger partial charge in [-0.1, -0.05) is 6.07 Å². The van der Waals surface area contributed by atoms with Crippen molar-refractivity contribution in [1.29, 1.82) is 0 Å². The van der Waals surface area contributed by atoms with Gasteiger partial charge in [-0.15, -0.1) is 0 Å². The van der Waals surface area contributed by atoms with E-state index in [4.69, 9.17) is 5.14 Å². The Bertz CT molecular complexity index is 511. The second-order valence-electron chi connectivity index (χ2n) is 3.33. The number of halogens is 3. The summed E-state index contributed by atoms with van der Waals surface area (Å²) in [4.78, 5) is 0. The zero-order valence-electron chi connectivity index (χ0n) is 8.78. The topological polar surface area (TPSA) is 69.4 Å². The zero-order valence-corrected chi connectivity index (χ0v) is 9.60. The van der Waals surface area contributed by atoms with Crippen molar-refractivity contribution in [3.8, 4) is 5.75 Å². The summed E-state index contributed by atoms with van der Waals surface area (Å²) in [7, 11) is -2.80. The van der Waals surface area contributed by atoms with Crippen molar-refractivity contribution >= 4 is 10.0 Å². The number of alkyl halides is 3. The fourth-order valence-electron chi connectivity index (χ4n) is 1.29. The van der Waals surface area contributed by atoms with Crippen molar-refractivity contribution in [1.82, 2.24) is 0 Å². The number of nitrogens with two attached hydrogens (primary N) is 1. The first kappa shape index (κ1) is 13.8. The minimum Gasteiger partial charge on any atom is -0.497 e. The Morgan fingerprint density at radius 2 is 1.94 bits per heavy atom. The number of rotatable bonds is 3. The molecule has 0 saturated carbocycles. The van der Waals surface area contributed by atoms with E-state index in [1.54, 1.807) is 0 Å². The summed E-state index contributed by atoms with van der Waals surface area (Å²) in [5, 5.41) is 4.72. The van der Waals surface area contributed by atoms with E-state index in [9.17, 15) is 21.6 Å². The van der Waals surface area contributed by atoms with Gasteiger partial charge in [0, 0.05) is 0 Å². The summed E-state index contributed by atoms with van der Waals surface area (Å²) >= 11 is 0. The highest BCUT2D eigenvalue weighted by Crippen LogP contribution is 2.34. The third kappa shape index (κ3) is 3.90. The number of sulfonamides is 1. The summed E-state index contributed by atoms with van der Waals surface area (Å²) in [5.74, 6) is -0.873. The van der Waals surface area contributed by atoms with Gasteiger partial charge in [0.2, 0.25) is 10.0 Å². The van der Waals surface area contributed by atoms with E-state index in [1.807, 2.05) is 0 Å². The van der Waals surface area contributed by atoms with Crippen LogP contribution < -0.4 is 9.88 Å². The maximum Gasteiger partial charge on any atom is 0.416 e. The molecule has 0 aliphatic heterocycles. The second-order valence-corrected chi connectivity index (χ2v) is 4.94. The van der Waals surface area contributed by atoms with Gasteiger partial charge in [0.05, 0.1) is 18.4 Å². The first-order chi connectivity index (χ1) is 7.63. The standard InChI is InChI=1S/C9H10F3NO3S/c1-16-7-3-2-6(5-17(13,14)15)8(4-7)9(10,11)12/h2-4H,5H2,1H3,(H2,13,14,15). The van der Waals surface area contributed by atoms with Gasteiger partial charge in [-0.25, -0.2) is 13.6 Å². The van der Waals surface area contributed by atoms with Crippen molar-refractivity contribution in [3.63, 3.8) is 0 Å². The third-order valence-corrected chi connectivity index (χ3v) is 2.69. The molecule has 0 unspecified atom stereocenters. The van der Waals surface area contributed by atoms with Crippen LogP contribution in [0.2, 0.25) is 0 Å². The van der Waals surface area contributed by atoms with Crippen LogP contribution in [0.5, 0.6) is 5.75 Å². The van der Waals surface area contributed by atoms with Crippen LogP contribution in [0, 0.1) is 0 Å². The molecule has 0 aromatic heterocycles. The lowest BCUT2D eigenvalue weighted by atomic mass is 10.1. The average molecular weight is 269 g/mol. The van der Waals surface area contributed by atoms with Gasteiger partial charge in [0.25, 0.3) is 0 Å². The smallest absolute Gasteiger partial charge is 0.416 e. The van der Waals surface area contributed by atoms with Crippen molar-refractivity contribution in [3.05, 3.63) is 29.3 Å². The molecule has 1 aromatic carbocycles. The lowest BCUT2D eigenvalue weighted by molar-refractivity contribution is -0.138. The number of benzene rings is 1. The van der Waals surface area contributed by atoms with Crippen molar-refractivity contribution in [2.75, 3.05) is 7.11 Å². The fraction of sp³-hybridized carbons (Fsp3) is 0.333. The van der Waals surface area contributed by atoms with Gasteiger partial charge in [-0.3, -0.25) is 0 Å². The minimum absolute atomic E-state index is 0.00417. The predicted molar refractivity (Wildman–Crippen MR) is 54.8 cm³/mol. The Hall–Kier alpha value is -1.28. The van der Waals surface area contributed by atoms with Crippen LogP contribution in [0.4, 0.5) is 13.2 Å². The monoisotopic (exact) mass is 269 g/mol. The highest BCUT2D eigenvalue weighted by Gasteiger charge is 2.34. The van der Waals surface area contributed by atoms with E-state index in [0.717, 1.165) is 12.1 Å². The van der Waals surface area contributed by atoms with E-state index in [1.165, 1.54) is 13.2 Å². The van der Waals surface area contributed by atoms with Crippen LogP contribution in [0.25, 0.3) is 0 Å². The van der Waals surface area contributed by atoms with Crippen LogP contribution in [0.1, 0.15) is 11.1 Å². The first-order valence-electron chi connectivity index (χ1n) is 4.38. The molecule has 17 heavy (non-hydrogen) atoms. The largest absolute Gasteiger partial charge is 0.497 e. The molecule has 0 atom stereocenters. The minimum atomic E-state index is -4.66. The van der Waals surface area contributed by atoms with E-state index < -0.39 is 33.1 Å². The van der Waals surface area contributed by atoms with Crippen LogP contribution in [0.3, 0.4) is 0 Å². The Labute approximate surface area is 96.2 Å². The van der Waals surface area contributed by atoms with Crippen molar-refractivity contribution < 1.29 is 26.3 Å². The maximum absolute atomic E-state index is 12.6. The number of methoxy groups -OCH3 is 1. The van der Waals surface area contributed by atoms with Crippen molar-refractivity contribution in [2.45, 2.75) is 11.9 Å². The molecule has 8 heteroatoms. The lowest BCUT2D eigenvalue weighted by Gasteiger charge is -2.13. The molecular weight excluding hydrogens is 259 g/mol. The number of hydrogen-bond acceptors (Lipinski definition) is 3. The quantitative estimate of drug-likeness (QED) is 0.904. The predicted octanol–water partition coefficient (Wildman–Crippen LogP) is 1.50. The molecule has 96 valence electrons. The average Bonchev–Trinajstić information content (AvgIpc) is 2.14. The zero-order chi connectivity index (χ0) is 13.3. The summed E-state index contributed by atoms with van der Waals surface area (Å²) in [6, 6.07) is 3.02. The highest BCUT2D eigenvalue weighted by molar-refractivity contribution is 7.88. The summed E-state index contributed by atoms with van der Waals surface area (Å²) in [6.45, 7) is 0. The van der Waals surface area contributed by atoms with Gasteiger partial charge < -0.3 is 4.74 Å². The number of primary sulfonamides is 1. The van der Waals surface area contributed by atoms with Crippen LogP contribution in [0.15, 0.2) is 18.2 Å². The molecule has 1 rings (SSSR count). The SMILES string of the molecule is COc1ccc(CS(N)(=O)=O)c(C(F)(F)F)c1. The van der Waals surface area contributed by atoms with Gasteiger partial charge in [-0.2, -0.15) is 13.2 Å². The first-order valence-corrected chi connectivity index (χ1v) is 6.09. The molecule has 0 bridgehead atoms. The summed E-state index contributed by atoms with van der Waals surface area (Å²) in [5.41, 5.74) is -1.47. The van der Waals surface area contributed by atoms with E-state index >= 15 is 0 Å². The van der Waals surface area contributed by atoms with Gasteiger partial charge in [0.1, 0.15) is 5.75 Å². The highest BCUT2D eigenvalue weighted by atomic mass is 32.2. The van der Waals surface area contributed by atoms with Crippen LogP contribution in [-0.4, -0.2) is 15.5 Å². The molecule has 0 spiro atoms. The fourth-order valence-corrected chi connectivity index (χ4v) is 1.97. The Balaban J connectivity index is 3.30. The van der Waals surface area contributed by atoms with Gasteiger partial charge in [0.15, 0.2) is 0 Å². The molecule has 0 radical (unpaired) electrons. The van der Waals surface area contributed by atoms with E-state index in [-0.39, 0.29) is 5.75 Å². The molecule has 1 aromatic rings. The van der Waals surface area contributed by atoms with Gasteiger partial charge >= 0.3 is 6.18 Å². The molecule has 0 saturated heterocycles. The van der Waals surface area contributed by atoms with E-state index in [2.05, 4.69) is 4.74 Å². The molecule has 2 N–H and O–H groups in total. The van der Waals surface area contributed by atoms with Gasteiger partial charge in [-0.05, 0) is 17.7 Å². The number of ether oxygens (including phenoxy) is 1. The van der Waals surface area contributed by atoms with Crippen molar-refractivity contribution in [2.24, 2.45) is 5.14 Å². The van der Waals surface area contributed by atoms with Crippen LogP contribution in [-0.2, 0) is 22.0 Å². The second kappa shape index (κ2) is 4.53. The summed E-state index contributed by atoms with van der Waals surface area (Å²) < 4.78 is 64.2. The molecular formula is C9H10F3NO3S. The molecule has 4 nitrogen and oxygen atoms in total. The van der Waals surface area contributed by atoms with Crippen LogP contribution >= 0.6 is 0 Å².